The summed E-state index contributed by atoms with van der Waals surface area (Å²) in [4.78, 5) is 28.0. The quantitative estimate of drug-likeness (QED) is 0.918. The standard InChI is InChI=1S/C20H21FN2O3/c1-13-9-14(2)11-17(10-13)23-8-7-22(12-18(23)24)20(26)19(25)15-3-5-16(21)6-4-15/h3-6,9-11,19,25H,7-8,12H2,1-2H3/t19-/m0/s1. The van der Waals surface area contributed by atoms with Crippen LogP contribution >= 0.6 is 0 Å². The van der Waals surface area contributed by atoms with Gasteiger partial charge in [0.2, 0.25) is 5.91 Å². The van der Waals surface area contributed by atoms with Gasteiger partial charge in [-0.2, -0.15) is 0 Å². The Hall–Kier alpha value is -2.73. The van der Waals surface area contributed by atoms with Crippen LogP contribution in [0.1, 0.15) is 22.8 Å². The van der Waals surface area contributed by atoms with Gasteiger partial charge in [-0.1, -0.05) is 18.2 Å². The summed E-state index contributed by atoms with van der Waals surface area (Å²) in [6, 6.07) is 11.0. The molecule has 6 heteroatoms. The van der Waals surface area contributed by atoms with E-state index in [0.29, 0.717) is 18.7 Å². The molecule has 1 heterocycles. The maximum atomic E-state index is 13.0. The number of benzene rings is 2. The molecule has 1 aliphatic rings. The summed E-state index contributed by atoms with van der Waals surface area (Å²) in [5, 5.41) is 10.2. The molecule has 3 rings (SSSR count). The van der Waals surface area contributed by atoms with Crippen molar-refractivity contribution in [2.75, 3.05) is 24.5 Å². The van der Waals surface area contributed by atoms with Gasteiger partial charge in [0, 0.05) is 18.8 Å². The second kappa shape index (κ2) is 7.25. The van der Waals surface area contributed by atoms with Gasteiger partial charge in [0.15, 0.2) is 6.10 Å². The number of aryl methyl sites for hydroxylation is 2. The third-order valence-corrected chi connectivity index (χ3v) is 4.47. The van der Waals surface area contributed by atoms with E-state index < -0.39 is 17.8 Å². The van der Waals surface area contributed by atoms with Crippen molar-refractivity contribution < 1.29 is 19.1 Å². The molecular weight excluding hydrogens is 335 g/mol. The molecule has 0 unspecified atom stereocenters. The van der Waals surface area contributed by atoms with Crippen molar-refractivity contribution in [1.29, 1.82) is 0 Å². The van der Waals surface area contributed by atoms with Crippen LogP contribution in [0.25, 0.3) is 0 Å². The summed E-state index contributed by atoms with van der Waals surface area (Å²) in [5.74, 6) is -1.18. The Balaban J connectivity index is 1.70. The second-order valence-corrected chi connectivity index (χ2v) is 6.61. The maximum Gasteiger partial charge on any atom is 0.256 e. The topological polar surface area (TPSA) is 60.9 Å². The summed E-state index contributed by atoms with van der Waals surface area (Å²) >= 11 is 0. The van der Waals surface area contributed by atoms with Crippen molar-refractivity contribution in [2.45, 2.75) is 20.0 Å². The van der Waals surface area contributed by atoms with Crippen LogP contribution in [-0.4, -0.2) is 41.5 Å². The molecule has 0 saturated carbocycles. The van der Waals surface area contributed by atoms with Crippen molar-refractivity contribution in [1.82, 2.24) is 4.90 Å². The maximum absolute atomic E-state index is 13.0. The summed E-state index contributed by atoms with van der Waals surface area (Å²) in [5.41, 5.74) is 3.26. The first-order valence-electron chi connectivity index (χ1n) is 8.46. The molecular formula is C20H21FN2O3. The van der Waals surface area contributed by atoms with Gasteiger partial charge < -0.3 is 14.9 Å². The number of hydrogen-bond donors (Lipinski definition) is 1. The summed E-state index contributed by atoms with van der Waals surface area (Å²) < 4.78 is 13.0. The predicted octanol–water partition coefficient (Wildman–Crippen LogP) is 2.35. The molecule has 0 aromatic heterocycles. The van der Waals surface area contributed by atoms with E-state index >= 15 is 0 Å². The first-order chi connectivity index (χ1) is 12.3. The van der Waals surface area contributed by atoms with Crippen LogP contribution in [0.3, 0.4) is 0 Å². The van der Waals surface area contributed by atoms with E-state index in [-0.39, 0.29) is 12.5 Å². The zero-order valence-corrected chi connectivity index (χ0v) is 14.8. The molecule has 1 fully saturated rings. The van der Waals surface area contributed by atoms with Crippen LogP contribution in [-0.2, 0) is 9.59 Å². The SMILES string of the molecule is Cc1cc(C)cc(N2CCN(C(=O)[C@@H](O)c3ccc(F)cc3)CC2=O)c1. The Morgan fingerprint density at radius 1 is 1.08 bits per heavy atom. The molecule has 0 radical (unpaired) electrons. The van der Waals surface area contributed by atoms with Crippen molar-refractivity contribution in [3.8, 4) is 0 Å². The van der Waals surface area contributed by atoms with E-state index in [1.165, 1.54) is 29.2 Å². The molecule has 1 N–H and O–H groups in total. The van der Waals surface area contributed by atoms with Crippen LogP contribution in [0, 0.1) is 19.7 Å². The van der Waals surface area contributed by atoms with Gasteiger partial charge >= 0.3 is 0 Å². The van der Waals surface area contributed by atoms with Crippen molar-refractivity contribution in [2.24, 2.45) is 0 Å². The number of nitrogens with zero attached hydrogens (tertiary/aromatic N) is 2. The Morgan fingerprint density at radius 2 is 1.69 bits per heavy atom. The first kappa shape index (κ1) is 18.1. The van der Waals surface area contributed by atoms with E-state index in [1.54, 1.807) is 4.90 Å². The highest BCUT2D eigenvalue weighted by atomic mass is 19.1. The molecule has 2 aromatic carbocycles. The molecule has 0 aliphatic carbocycles. The van der Waals surface area contributed by atoms with Gasteiger partial charge in [-0.25, -0.2) is 4.39 Å². The third-order valence-electron chi connectivity index (χ3n) is 4.47. The largest absolute Gasteiger partial charge is 0.378 e. The molecule has 1 atom stereocenters. The predicted molar refractivity (Wildman–Crippen MR) is 96.2 cm³/mol. The monoisotopic (exact) mass is 356 g/mol. The lowest BCUT2D eigenvalue weighted by Gasteiger charge is -2.35. The van der Waals surface area contributed by atoms with Gasteiger partial charge in [-0.05, 0) is 54.8 Å². The molecule has 2 aromatic rings. The molecule has 136 valence electrons. The minimum atomic E-state index is -1.41. The van der Waals surface area contributed by atoms with E-state index in [4.69, 9.17) is 0 Å². The van der Waals surface area contributed by atoms with Crippen LogP contribution in [0.5, 0.6) is 0 Å². The number of anilines is 1. The Kier molecular flexibility index (Phi) is 5.04. The minimum absolute atomic E-state index is 0.0932. The van der Waals surface area contributed by atoms with Crippen molar-refractivity contribution in [3.63, 3.8) is 0 Å². The van der Waals surface area contributed by atoms with E-state index in [2.05, 4.69) is 0 Å². The normalized spacial score (nSPS) is 15.9. The highest BCUT2D eigenvalue weighted by molar-refractivity contribution is 5.98. The third kappa shape index (κ3) is 3.75. The molecule has 0 spiro atoms. The van der Waals surface area contributed by atoms with E-state index in [0.717, 1.165) is 16.8 Å². The number of amides is 2. The van der Waals surface area contributed by atoms with Gasteiger partial charge in [0.05, 0.1) is 0 Å². The molecule has 1 saturated heterocycles. The van der Waals surface area contributed by atoms with Crippen LogP contribution in [0.4, 0.5) is 10.1 Å². The molecule has 5 nitrogen and oxygen atoms in total. The molecule has 0 bridgehead atoms. The number of rotatable bonds is 3. The van der Waals surface area contributed by atoms with Gasteiger partial charge in [-0.3, -0.25) is 9.59 Å². The Morgan fingerprint density at radius 3 is 2.27 bits per heavy atom. The van der Waals surface area contributed by atoms with Gasteiger partial charge in [-0.15, -0.1) is 0 Å². The lowest BCUT2D eigenvalue weighted by atomic mass is 10.1. The molecule has 1 aliphatic heterocycles. The fourth-order valence-electron chi connectivity index (χ4n) is 3.20. The van der Waals surface area contributed by atoms with Crippen LogP contribution in [0.2, 0.25) is 0 Å². The Bertz CT molecular complexity index is 815. The van der Waals surface area contributed by atoms with E-state index in [9.17, 15) is 19.1 Å². The average molecular weight is 356 g/mol. The summed E-state index contributed by atoms with van der Waals surface area (Å²) in [6.45, 7) is 4.54. The number of carbonyl (C=O) groups excluding carboxylic acids is 2. The first-order valence-corrected chi connectivity index (χ1v) is 8.46. The Labute approximate surface area is 151 Å². The number of hydrogen-bond acceptors (Lipinski definition) is 3. The lowest BCUT2D eigenvalue weighted by molar-refractivity contribution is -0.144. The smallest absolute Gasteiger partial charge is 0.256 e. The highest BCUT2D eigenvalue weighted by Gasteiger charge is 2.31. The van der Waals surface area contributed by atoms with Crippen molar-refractivity contribution >= 4 is 17.5 Å². The average Bonchev–Trinajstić information content (AvgIpc) is 2.60. The zero-order valence-electron chi connectivity index (χ0n) is 14.8. The number of halogens is 1. The zero-order chi connectivity index (χ0) is 18.8. The number of aliphatic hydroxyl groups is 1. The lowest BCUT2D eigenvalue weighted by Crippen LogP contribution is -2.53. The highest BCUT2D eigenvalue weighted by Crippen LogP contribution is 2.23. The number of carbonyl (C=O) groups is 2. The van der Waals surface area contributed by atoms with Crippen molar-refractivity contribution in [3.05, 3.63) is 65.0 Å². The van der Waals surface area contributed by atoms with Crippen LogP contribution in [0.15, 0.2) is 42.5 Å². The van der Waals surface area contributed by atoms with Crippen LogP contribution < -0.4 is 4.90 Å². The van der Waals surface area contributed by atoms with E-state index in [1.807, 2.05) is 32.0 Å². The molecule has 26 heavy (non-hydrogen) atoms. The fourth-order valence-corrected chi connectivity index (χ4v) is 3.20. The summed E-state index contributed by atoms with van der Waals surface area (Å²) in [6.07, 6.45) is -1.41. The second-order valence-electron chi connectivity index (χ2n) is 6.61. The fraction of sp³-hybridized carbons (Fsp3) is 0.300. The number of piperazine rings is 1. The summed E-state index contributed by atoms with van der Waals surface area (Å²) in [7, 11) is 0. The van der Waals surface area contributed by atoms with Gasteiger partial charge in [0.1, 0.15) is 12.4 Å². The minimum Gasteiger partial charge on any atom is -0.378 e. The number of aliphatic hydroxyl groups excluding tert-OH is 1. The van der Waals surface area contributed by atoms with Gasteiger partial charge in [0.25, 0.3) is 5.91 Å². The molecule has 2 amide bonds.